The number of carbonyl (C=O) groups is 3. The molecule has 3 N–H and O–H groups in total. The van der Waals surface area contributed by atoms with Crippen molar-refractivity contribution in [1.82, 2.24) is 10.5 Å². The van der Waals surface area contributed by atoms with E-state index >= 15 is 0 Å². The van der Waals surface area contributed by atoms with Crippen molar-refractivity contribution in [3.05, 3.63) is 46.9 Å². The van der Waals surface area contributed by atoms with E-state index < -0.39 is 24.0 Å². The second-order valence-electron chi connectivity index (χ2n) is 6.27. The van der Waals surface area contributed by atoms with Crippen LogP contribution in [0.15, 0.2) is 28.8 Å². The zero-order chi connectivity index (χ0) is 22.3. The maximum Gasteiger partial charge on any atom is 0.331 e. The van der Waals surface area contributed by atoms with Crippen LogP contribution in [0.2, 0.25) is 0 Å². The maximum atomic E-state index is 11.9. The Morgan fingerprint density at radius 3 is 2.60 bits per heavy atom. The first kappa shape index (κ1) is 22.5. The summed E-state index contributed by atoms with van der Waals surface area (Å²) < 4.78 is 21.2. The molecule has 2 aromatic rings. The third kappa shape index (κ3) is 6.09. The second kappa shape index (κ2) is 10.1. The van der Waals surface area contributed by atoms with Crippen LogP contribution in [0, 0.1) is 13.8 Å². The molecule has 1 aromatic carbocycles. The number of imide groups is 1. The fourth-order valence-electron chi connectivity index (χ4n) is 2.42. The molecule has 10 heteroatoms. The van der Waals surface area contributed by atoms with Crippen LogP contribution in [0.25, 0.3) is 6.08 Å². The van der Waals surface area contributed by atoms with Gasteiger partial charge in [-0.2, -0.15) is 0 Å². The average Bonchev–Trinajstić information content (AvgIpc) is 3.02. The molecule has 0 unspecified atom stereocenters. The van der Waals surface area contributed by atoms with Gasteiger partial charge in [0, 0.05) is 6.08 Å². The number of rotatable bonds is 8. The van der Waals surface area contributed by atoms with Gasteiger partial charge in [0.25, 0.3) is 5.91 Å². The monoisotopic (exact) mass is 417 g/mol. The number of urea groups is 1. The zero-order valence-corrected chi connectivity index (χ0v) is 17.1. The number of nitrogens with two attached hydrogens (primary N) is 1. The van der Waals surface area contributed by atoms with Crippen molar-refractivity contribution in [2.45, 2.75) is 33.5 Å². The predicted octanol–water partition coefficient (Wildman–Crippen LogP) is 2.02. The summed E-state index contributed by atoms with van der Waals surface area (Å²) in [5.74, 6) is 0.0780. The van der Waals surface area contributed by atoms with Crippen LogP contribution in [0.4, 0.5) is 4.79 Å². The molecule has 1 aromatic heterocycles. The largest absolute Gasteiger partial charge is 0.493 e. The lowest BCUT2D eigenvalue weighted by molar-refractivity contribution is -0.149. The SMILES string of the molecule is COc1cc(/C=C/C(=O)O[C@H](C)C(=O)NC(N)=O)ccc1OCc1c(C)noc1C. The summed E-state index contributed by atoms with van der Waals surface area (Å²) in [5, 5.41) is 5.71. The molecule has 3 amide bonds. The smallest absolute Gasteiger partial charge is 0.331 e. The minimum Gasteiger partial charge on any atom is -0.493 e. The number of nitrogens with zero attached hydrogens (tertiary/aromatic N) is 1. The number of benzene rings is 1. The third-order valence-electron chi connectivity index (χ3n) is 4.06. The number of ether oxygens (including phenoxy) is 3. The molecule has 0 aliphatic carbocycles. The van der Waals surface area contributed by atoms with Crippen LogP contribution in [-0.4, -0.2) is 36.3 Å². The molecular formula is C20H23N3O7. The van der Waals surface area contributed by atoms with Crippen LogP contribution in [-0.2, 0) is 20.9 Å². The maximum absolute atomic E-state index is 11.9. The topological polar surface area (TPSA) is 143 Å². The first-order valence-electron chi connectivity index (χ1n) is 8.92. The Kier molecular flexibility index (Phi) is 7.56. The average molecular weight is 417 g/mol. The quantitative estimate of drug-likeness (QED) is 0.490. The Hall–Kier alpha value is -3.82. The summed E-state index contributed by atoms with van der Waals surface area (Å²) in [5.41, 5.74) is 7.10. The van der Waals surface area contributed by atoms with Gasteiger partial charge in [0.2, 0.25) is 0 Å². The second-order valence-corrected chi connectivity index (χ2v) is 6.27. The molecule has 2 rings (SSSR count). The minimum atomic E-state index is -1.18. The molecular weight excluding hydrogens is 394 g/mol. The number of hydrogen-bond donors (Lipinski definition) is 2. The van der Waals surface area contributed by atoms with Crippen LogP contribution in [0.3, 0.4) is 0 Å². The third-order valence-corrected chi connectivity index (χ3v) is 4.06. The number of carbonyl (C=O) groups excluding carboxylic acids is 3. The summed E-state index contributed by atoms with van der Waals surface area (Å²) in [6.45, 7) is 5.22. The van der Waals surface area contributed by atoms with Gasteiger partial charge >= 0.3 is 12.0 Å². The van der Waals surface area contributed by atoms with Crippen molar-refractivity contribution in [1.29, 1.82) is 0 Å². The lowest BCUT2D eigenvalue weighted by Crippen LogP contribution is -2.42. The van der Waals surface area contributed by atoms with Crippen LogP contribution in [0.1, 0.15) is 29.5 Å². The van der Waals surface area contributed by atoms with Gasteiger partial charge in [-0.05, 0) is 44.5 Å². The number of aryl methyl sites for hydroxylation is 2. The van der Waals surface area contributed by atoms with Crippen LogP contribution >= 0.6 is 0 Å². The fraction of sp³-hybridized carbons (Fsp3) is 0.300. The molecule has 0 saturated heterocycles. The Bertz CT molecular complexity index is 946. The molecule has 0 aliphatic heterocycles. The van der Waals surface area contributed by atoms with E-state index in [1.54, 1.807) is 25.1 Å². The molecule has 1 atom stereocenters. The number of esters is 1. The van der Waals surface area contributed by atoms with E-state index in [0.717, 1.165) is 17.3 Å². The highest BCUT2D eigenvalue weighted by Gasteiger charge is 2.17. The Balaban J connectivity index is 2.00. The molecule has 0 saturated carbocycles. The van der Waals surface area contributed by atoms with E-state index in [9.17, 15) is 14.4 Å². The minimum absolute atomic E-state index is 0.268. The zero-order valence-electron chi connectivity index (χ0n) is 17.1. The molecule has 0 fully saturated rings. The van der Waals surface area contributed by atoms with Crippen molar-refractivity contribution in [2.24, 2.45) is 5.73 Å². The molecule has 1 heterocycles. The fourth-order valence-corrected chi connectivity index (χ4v) is 2.42. The number of nitrogens with one attached hydrogen (secondary N) is 1. The van der Waals surface area contributed by atoms with Gasteiger partial charge in [-0.1, -0.05) is 11.2 Å². The van der Waals surface area contributed by atoms with Crippen LogP contribution in [0.5, 0.6) is 11.5 Å². The number of methoxy groups -OCH3 is 1. The first-order valence-corrected chi connectivity index (χ1v) is 8.92. The lowest BCUT2D eigenvalue weighted by atomic mass is 10.2. The van der Waals surface area contributed by atoms with Crippen LogP contribution < -0.4 is 20.5 Å². The molecule has 10 nitrogen and oxygen atoms in total. The summed E-state index contributed by atoms with van der Waals surface area (Å²) in [7, 11) is 1.50. The Morgan fingerprint density at radius 2 is 2.00 bits per heavy atom. The molecule has 0 radical (unpaired) electrons. The van der Waals surface area contributed by atoms with Crippen molar-refractivity contribution in [3.8, 4) is 11.5 Å². The lowest BCUT2D eigenvalue weighted by Gasteiger charge is -2.11. The standard InChI is InChI=1S/C20H23N3O7/c1-11-15(12(2)30-23-11)10-28-16-7-5-14(9-17(16)27-4)6-8-18(24)29-13(3)19(25)22-20(21)26/h5-9,13H,10H2,1-4H3,(H3,21,22,25,26)/b8-6+/t13-/m1/s1. The summed E-state index contributed by atoms with van der Waals surface area (Å²) in [6, 6.07) is 4.07. The number of primary amides is 1. The number of aromatic nitrogens is 1. The highest BCUT2D eigenvalue weighted by molar-refractivity contribution is 5.97. The van der Waals surface area contributed by atoms with Gasteiger partial charge in [0.05, 0.1) is 18.4 Å². The molecule has 0 spiro atoms. The summed E-state index contributed by atoms with van der Waals surface area (Å²) in [6.07, 6.45) is 1.46. The summed E-state index contributed by atoms with van der Waals surface area (Å²) in [4.78, 5) is 34.0. The van der Waals surface area contributed by atoms with Crippen molar-refractivity contribution in [3.63, 3.8) is 0 Å². The van der Waals surface area contributed by atoms with Gasteiger partial charge in [-0.3, -0.25) is 10.1 Å². The molecule has 30 heavy (non-hydrogen) atoms. The number of amides is 3. The first-order chi connectivity index (χ1) is 14.2. The summed E-state index contributed by atoms with van der Waals surface area (Å²) >= 11 is 0. The van der Waals surface area contributed by atoms with Crippen molar-refractivity contribution in [2.75, 3.05) is 7.11 Å². The van der Waals surface area contributed by atoms with E-state index in [1.807, 2.05) is 12.2 Å². The van der Waals surface area contributed by atoms with Gasteiger partial charge in [-0.25, -0.2) is 9.59 Å². The van der Waals surface area contributed by atoms with E-state index in [-0.39, 0.29) is 6.61 Å². The number of hydrogen-bond acceptors (Lipinski definition) is 8. The Labute approximate surface area is 172 Å². The van der Waals surface area contributed by atoms with E-state index in [4.69, 9.17) is 24.5 Å². The highest BCUT2D eigenvalue weighted by atomic mass is 16.5. The van der Waals surface area contributed by atoms with E-state index in [1.165, 1.54) is 20.1 Å². The van der Waals surface area contributed by atoms with E-state index in [0.29, 0.717) is 22.8 Å². The highest BCUT2D eigenvalue weighted by Crippen LogP contribution is 2.30. The molecule has 0 aliphatic rings. The predicted molar refractivity (Wildman–Crippen MR) is 106 cm³/mol. The van der Waals surface area contributed by atoms with Crippen molar-refractivity contribution < 1.29 is 33.1 Å². The van der Waals surface area contributed by atoms with Gasteiger partial charge in [0.1, 0.15) is 12.4 Å². The van der Waals surface area contributed by atoms with Crippen molar-refractivity contribution >= 4 is 24.0 Å². The van der Waals surface area contributed by atoms with Gasteiger partial charge in [-0.15, -0.1) is 0 Å². The molecule has 160 valence electrons. The Morgan fingerprint density at radius 1 is 1.27 bits per heavy atom. The molecule has 0 bridgehead atoms. The van der Waals surface area contributed by atoms with Gasteiger partial charge < -0.3 is 24.5 Å². The normalized spacial score (nSPS) is 11.7. The van der Waals surface area contributed by atoms with E-state index in [2.05, 4.69) is 5.16 Å². The van der Waals surface area contributed by atoms with Gasteiger partial charge in [0.15, 0.2) is 17.6 Å².